The quantitative estimate of drug-likeness (QED) is 0.819. The molecule has 0 aliphatic carbocycles. The van der Waals surface area contributed by atoms with Gasteiger partial charge in [0.2, 0.25) is 0 Å². The van der Waals surface area contributed by atoms with Crippen LogP contribution < -0.4 is 4.74 Å². The Balaban J connectivity index is 2.61. The molecule has 0 amide bonds. The van der Waals surface area contributed by atoms with Crippen molar-refractivity contribution in [2.24, 2.45) is 0 Å². The molecular formula is C10H11BrO2. The van der Waals surface area contributed by atoms with Gasteiger partial charge >= 0.3 is 0 Å². The number of hydrogen-bond acceptors (Lipinski definition) is 2. The van der Waals surface area contributed by atoms with Crippen molar-refractivity contribution in [3.63, 3.8) is 0 Å². The highest BCUT2D eigenvalue weighted by Gasteiger charge is 2.18. The molecule has 1 aliphatic heterocycles. The fraction of sp³-hybridized carbons (Fsp3) is 0.400. The molecule has 0 fully saturated rings. The van der Waals surface area contributed by atoms with Crippen molar-refractivity contribution in [2.75, 3.05) is 6.61 Å². The first kappa shape index (κ1) is 9.03. The molecule has 0 saturated carbocycles. The maximum Gasteiger partial charge on any atom is 0.137 e. The predicted octanol–water partition coefficient (Wildman–Crippen LogP) is 2.18. The molecule has 1 aliphatic rings. The van der Waals surface area contributed by atoms with Crippen molar-refractivity contribution in [3.8, 4) is 5.75 Å². The second kappa shape index (κ2) is 3.31. The van der Waals surface area contributed by atoms with E-state index in [2.05, 4.69) is 15.9 Å². The summed E-state index contributed by atoms with van der Waals surface area (Å²) in [7, 11) is 0. The second-order valence-corrected chi connectivity index (χ2v) is 4.01. The highest BCUT2D eigenvalue weighted by atomic mass is 79.9. The van der Waals surface area contributed by atoms with Crippen LogP contribution in [0.25, 0.3) is 0 Å². The van der Waals surface area contributed by atoms with E-state index in [0.29, 0.717) is 0 Å². The molecule has 2 rings (SSSR count). The maximum atomic E-state index is 9.11. The third-order valence-corrected chi connectivity index (χ3v) is 3.39. The Morgan fingerprint density at radius 3 is 3.08 bits per heavy atom. The zero-order chi connectivity index (χ0) is 9.42. The minimum atomic E-state index is 0.0950. The molecule has 0 spiro atoms. The van der Waals surface area contributed by atoms with Crippen molar-refractivity contribution in [1.82, 2.24) is 0 Å². The number of halogens is 1. The number of aliphatic hydroxyl groups excluding tert-OH is 1. The van der Waals surface area contributed by atoms with E-state index in [-0.39, 0.29) is 6.61 Å². The Morgan fingerprint density at radius 1 is 1.62 bits per heavy atom. The molecule has 0 bridgehead atoms. The van der Waals surface area contributed by atoms with E-state index in [1.807, 2.05) is 13.0 Å². The Bertz CT molecular complexity index is 347. The first-order valence-electron chi connectivity index (χ1n) is 4.28. The lowest BCUT2D eigenvalue weighted by atomic mass is 10.0. The molecule has 2 nitrogen and oxygen atoms in total. The largest absolute Gasteiger partial charge is 0.492 e. The Labute approximate surface area is 85.7 Å². The molecule has 0 aromatic heterocycles. The molecule has 0 unspecified atom stereocenters. The molecule has 1 heterocycles. The number of benzene rings is 1. The Hall–Kier alpha value is -0.540. The zero-order valence-electron chi connectivity index (χ0n) is 7.43. The van der Waals surface area contributed by atoms with Gasteiger partial charge in [0.25, 0.3) is 0 Å². The Kier molecular flexibility index (Phi) is 2.30. The van der Waals surface area contributed by atoms with Crippen LogP contribution in [0.2, 0.25) is 0 Å². The monoisotopic (exact) mass is 242 g/mol. The van der Waals surface area contributed by atoms with Gasteiger partial charge in [-0.25, -0.2) is 0 Å². The van der Waals surface area contributed by atoms with E-state index < -0.39 is 0 Å². The van der Waals surface area contributed by atoms with Crippen LogP contribution in [0.1, 0.15) is 16.7 Å². The third-order valence-electron chi connectivity index (χ3n) is 2.44. The average molecular weight is 243 g/mol. The highest BCUT2D eigenvalue weighted by Crippen LogP contribution is 2.37. The molecule has 1 aromatic carbocycles. The van der Waals surface area contributed by atoms with Gasteiger partial charge in [-0.3, -0.25) is 0 Å². The summed E-state index contributed by atoms with van der Waals surface area (Å²) in [5.41, 5.74) is 3.25. The van der Waals surface area contributed by atoms with Gasteiger partial charge in [-0.1, -0.05) is 0 Å². The predicted molar refractivity (Wildman–Crippen MR) is 54.0 cm³/mol. The first-order chi connectivity index (χ1) is 6.24. The topological polar surface area (TPSA) is 29.5 Å². The van der Waals surface area contributed by atoms with Gasteiger partial charge in [0.1, 0.15) is 5.75 Å². The van der Waals surface area contributed by atoms with Gasteiger partial charge in [0, 0.05) is 6.42 Å². The zero-order valence-corrected chi connectivity index (χ0v) is 9.02. The number of rotatable bonds is 1. The van der Waals surface area contributed by atoms with E-state index in [1.165, 1.54) is 5.56 Å². The van der Waals surface area contributed by atoms with Crippen LogP contribution in [0.3, 0.4) is 0 Å². The normalized spacial score (nSPS) is 14.1. The summed E-state index contributed by atoms with van der Waals surface area (Å²) in [6, 6.07) is 2.03. The van der Waals surface area contributed by atoms with Crippen molar-refractivity contribution in [3.05, 3.63) is 27.2 Å². The van der Waals surface area contributed by atoms with Crippen LogP contribution in [-0.4, -0.2) is 11.7 Å². The molecule has 1 aromatic rings. The van der Waals surface area contributed by atoms with Crippen molar-refractivity contribution in [1.29, 1.82) is 0 Å². The fourth-order valence-electron chi connectivity index (χ4n) is 1.61. The highest BCUT2D eigenvalue weighted by molar-refractivity contribution is 9.10. The number of hydrogen-bond donors (Lipinski definition) is 1. The van der Waals surface area contributed by atoms with E-state index in [4.69, 9.17) is 9.84 Å². The van der Waals surface area contributed by atoms with Gasteiger partial charge in [0.05, 0.1) is 17.7 Å². The summed E-state index contributed by atoms with van der Waals surface area (Å²) in [6.45, 7) is 2.83. The van der Waals surface area contributed by atoms with Gasteiger partial charge in [-0.2, -0.15) is 0 Å². The second-order valence-electron chi connectivity index (χ2n) is 3.22. The van der Waals surface area contributed by atoms with Crippen molar-refractivity contribution in [2.45, 2.75) is 20.0 Å². The minimum absolute atomic E-state index is 0.0950. The first-order valence-corrected chi connectivity index (χ1v) is 5.08. The number of ether oxygens (including phenoxy) is 1. The SMILES string of the molecule is Cc1c(CO)cc2c(c1Br)OCC2. The summed E-state index contributed by atoms with van der Waals surface area (Å²) >= 11 is 3.49. The van der Waals surface area contributed by atoms with E-state index >= 15 is 0 Å². The summed E-state index contributed by atoms with van der Waals surface area (Å²) in [4.78, 5) is 0. The van der Waals surface area contributed by atoms with Crippen LogP contribution in [0.15, 0.2) is 10.5 Å². The minimum Gasteiger partial charge on any atom is -0.492 e. The van der Waals surface area contributed by atoms with Gasteiger partial charge in [-0.15, -0.1) is 0 Å². The number of fused-ring (bicyclic) bond motifs is 1. The third kappa shape index (κ3) is 1.36. The lowest BCUT2D eigenvalue weighted by molar-refractivity contribution is 0.280. The molecule has 70 valence electrons. The summed E-state index contributed by atoms with van der Waals surface area (Å²) in [6.07, 6.45) is 0.946. The van der Waals surface area contributed by atoms with Crippen LogP contribution in [0.5, 0.6) is 5.75 Å². The molecule has 3 heteroatoms. The summed E-state index contributed by atoms with van der Waals surface area (Å²) < 4.78 is 6.47. The van der Waals surface area contributed by atoms with Gasteiger partial charge in [-0.05, 0) is 45.6 Å². The molecule has 1 N–H and O–H groups in total. The van der Waals surface area contributed by atoms with Crippen LogP contribution in [-0.2, 0) is 13.0 Å². The fourth-order valence-corrected chi connectivity index (χ4v) is 2.23. The lowest BCUT2D eigenvalue weighted by Gasteiger charge is -2.09. The van der Waals surface area contributed by atoms with Crippen molar-refractivity contribution < 1.29 is 9.84 Å². The van der Waals surface area contributed by atoms with Gasteiger partial charge < -0.3 is 9.84 Å². The van der Waals surface area contributed by atoms with Crippen LogP contribution >= 0.6 is 15.9 Å². The lowest BCUT2D eigenvalue weighted by Crippen LogP contribution is -1.93. The standard InChI is InChI=1S/C10H11BrO2/c1-6-8(5-12)4-7-2-3-13-10(7)9(6)11/h4,12H,2-3,5H2,1H3. The summed E-state index contributed by atoms with van der Waals surface area (Å²) in [5, 5.41) is 9.11. The number of aliphatic hydroxyl groups is 1. The van der Waals surface area contributed by atoms with Crippen LogP contribution in [0, 0.1) is 6.92 Å². The molecule has 13 heavy (non-hydrogen) atoms. The molecular weight excluding hydrogens is 232 g/mol. The maximum absolute atomic E-state index is 9.11. The van der Waals surface area contributed by atoms with E-state index in [1.54, 1.807) is 0 Å². The molecule has 0 radical (unpaired) electrons. The van der Waals surface area contributed by atoms with E-state index in [0.717, 1.165) is 34.4 Å². The summed E-state index contributed by atoms with van der Waals surface area (Å²) in [5.74, 6) is 0.953. The van der Waals surface area contributed by atoms with Crippen molar-refractivity contribution >= 4 is 15.9 Å². The van der Waals surface area contributed by atoms with Gasteiger partial charge in [0.15, 0.2) is 0 Å². The molecule has 0 saturated heterocycles. The van der Waals surface area contributed by atoms with E-state index in [9.17, 15) is 0 Å². The average Bonchev–Trinajstić information content (AvgIpc) is 2.59. The smallest absolute Gasteiger partial charge is 0.137 e. The molecule has 0 atom stereocenters. The van der Waals surface area contributed by atoms with Crippen LogP contribution in [0.4, 0.5) is 0 Å². The Morgan fingerprint density at radius 2 is 2.38 bits per heavy atom.